The van der Waals surface area contributed by atoms with Gasteiger partial charge in [0.1, 0.15) is 0 Å². The van der Waals surface area contributed by atoms with E-state index in [9.17, 15) is 0 Å². The van der Waals surface area contributed by atoms with Gasteiger partial charge >= 0.3 is 0 Å². The topological polar surface area (TPSA) is 27.0 Å². The summed E-state index contributed by atoms with van der Waals surface area (Å²) in [5.41, 5.74) is 10.6. The lowest BCUT2D eigenvalue weighted by Gasteiger charge is -2.29. The fraction of sp³-hybridized carbons (Fsp3) is 0.0217. The molecule has 0 radical (unpaired) electrons. The van der Waals surface area contributed by atoms with E-state index in [1.807, 2.05) is 30.6 Å². The maximum Gasteiger partial charge on any atom is 0.0701 e. The van der Waals surface area contributed by atoms with Crippen LogP contribution >= 0.6 is 0 Å². The van der Waals surface area contributed by atoms with Crippen molar-refractivity contribution in [1.29, 1.82) is 0 Å². The molecular formula is C46H31N2-. The number of hydrogen-bond acceptors (Lipinski definition) is 1. The van der Waals surface area contributed by atoms with Crippen molar-refractivity contribution in [1.82, 2.24) is 4.98 Å². The van der Waals surface area contributed by atoms with Crippen LogP contribution in [0.5, 0.6) is 0 Å². The Morgan fingerprint density at radius 2 is 1.08 bits per heavy atom. The zero-order valence-corrected chi connectivity index (χ0v) is 26.3. The van der Waals surface area contributed by atoms with E-state index in [0.29, 0.717) is 0 Å². The molecule has 9 rings (SSSR count). The number of allylic oxidation sites excluding steroid dienone is 2. The third kappa shape index (κ3) is 4.87. The van der Waals surface area contributed by atoms with E-state index in [1.165, 1.54) is 71.3 Å². The Labute approximate surface area is 280 Å². The normalized spacial score (nSPS) is 14.0. The molecule has 0 spiro atoms. The average Bonchev–Trinajstić information content (AvgIpc) is 3.17. The molecule has 8 aromatic rings. The number of hydrogen-bond donors (Lipinski definition) is 0. The van der Waals surface area contributed by atoms with E-state index in [-0.39, 0.29) is 6.04 Å². The second-order valence-electron chi connectivity index (χ2n) is 12.3. The van der Waals surface area contributed by atoms with Crippen LogP contribution in [0.3, 0.4) is 0 Å². The predicted octanol–water partition coefficient (Wildman–Crippen LogP) is 12.7. The fourth-order valence-corrected chi connectivity index (χ4v) is 7.24. The van der Waals surface area contributed by atoms with Crippen molar-refractivity contribution in [2.45, 2.75) is 6.04 Å². The Bertz CT molecular complexity index is 2500. The van der Waals surface area contributed by atoms with Gasteiger partial charge in [0.25, 0.3) is 0 Å². The lowest BCUT2D eigenvalue weighted by atomic mass is 9.84. The van der Waals surface area contributed by atoms with Crippen LogP contribution in [-0.2, 0) is 0 Å². The van der Waals surface area contributed by atoms with Crippen LogP contribution in [0, 0.1) is 0 Å². The van der Waals surface area contributed by atoms with Gasteiger partial charge in [-0.25, -0.2) is 0 Å². The number of benzene rings is 7. The lowest BCUT2D eigenvalue weighted by molar-refractivity contribution is 1.03. The minimum atomic E-state index is 0.0481. The van der Waals surface area contributed by atoms with Crippen molar-refractivity contribution < 1.29 is 0 Å². The van der Waals surface area contributed by atoms with Crippen molar-refractivity contribution in [2.24, 2.45) is 0 Å². The molecule has 2 heterocycles. The molecule has 1 unspecified atom stereocenters. The quantitative estimate of drug-likeness (QED) is 0.178. The molecule has 0 saturated carbocycles. The molecule has 1 aromatic heterocycles. The predicted molar refractivity (Wildman–Crippen MR) is 203 cm³/mol. The molecule has 48 heavy (non-hydrogen) atoms. The summed E-state index contributed by atoms with van der Waals surface area (Å²) in [7, 11) is 0. The number of aromatic nitrogens is 1. The molecule has 1 atom stereocenters. The van der Waals surface area contributed by atoms with Crippen LogP contribution in [0.4, 0.5) is 0 Å². The molecule has 0 amide bonds. The van der Waals surface area contributed by atoms with Gasteiger partial charge in [-0.15, -0.1) is 0 Å². The summed E-state index contributed by atoms with van der Waals surface area (Å²) in [6.07, 6.45) is 9.92. The van der Waals surface area contributed by atoms with Gasteiger partial charge in [-0.2, -0.15) is 6.20 Å². The molecule has 0 N–H and O–H groups in total. The van der Waals surface area contributed by atoms with Crippen molar-refractivity contribution in [3.05, 3.63) is 193 Å². The number of nitrogens with zero attached hydrogens (tertiary/aromatic N) is 2. The molecule has 2 heteroatoms. The molecule has 7 aromatic carbocycles. The Balaban J connectivity index is 1.30. The van der Waals surface area contributed by atoms with Gasteiger partial charge in [-0.3, -0.25) is 4.98 Å². The summed E-state index contributed by atoms with van der Waals surface area (Å²) in [4.78, 5) is 4.58. The minimum Gasteiger partial charge on any atom is -0.681 e. The minimum absolute atomic E-state index is 0.0481. The van der Waals surface area contributed by atoms with E-state index < -0.39 is 0 Å². The molecule has 226 valence electrons. The first kappa shape index (κ1) is 28.0. The van der Waals surface area contributed by atoms with E-state index in [1.54, 1.807) is 0 Å². The monoisotopic (exact) mass is 611 g/mol. The van der Waals surface area contributed by atoms with Crippen LogP contribution in [0.15, 0.2) is 182 Å². The Kier molecular flexibility index (Phi) is 6.91. The highest BCUT2D eigenvalue weighted by Crippen LogP contribution is 2.46. The van der Waals surface area contributed by atoms with Crippen molar-refractivity contribution in [3.8, 4) is 44.6 Å². The first-order valence-electron chi connectivity index (χ1n) is 16.4. The van der Waals surface area contributed by atoms with E-state index in [0.717, 1.165) is 11.3 Å². The van der Waals surface area contributed by atoms with Crippen LogP contribution in [0.25, 0.3) is 82.3 Å². The first-order valence-corrected chi connectivity index (χ1v) is 16.4. The highest BCUT2D eigenvalue weighted by molar-refractivity contribution is 6.22. The molecule has 0 fully saturated rings. The second kappa shape index (κ2) is 11.8. The third-order valence-corrected chi connectivity index (χ3v) is 9.54. The first-order chi connectivity index (χ1) is 23.8. The SMILES string of the molecule is C1=C[N-]C(c2ccc(-c3c4ccccc4c(-c4ccc(-c5ccccn5)cc4)c4ccc(-c5cccc6ccccc56)cc34)cc2)C=C1. The molecule has 2 nitrogen and oxygen atoms in total. The van der Waals surface area contributed by atoms with Gasteiger partial charge < -0.3 is 5.32 Å². The van der Waals surface area contributed by atoms with Crippen LogP contribution in [0.2, 0.25) is 0 Å². The van der Waals surface area contributed by atoms with Gasteiger partial charge in [0.05, 0.1) is 5.69 Å². The summed E-state index contributed by atoms with van der Waals surface area (Å²) < 4.78 is 0. The molecule has 0 bridgehead atoms. The summed E-state index contributed by atoms with van der Waals surface area (Å²) in [5.74, 6) is 0. The largest absolute Gasteiger partial charge is 0.681 e. The Morgan fingerprint density at radius 3 is 1.81 bits per heavy atom. The van der Waals surface area contributed by atoms with E-state index >= 15 is 0 Å². The number of rotatable bonds is 5. The maximum atomic E-state index is 4.67. The van der Waals surface area contributed by atoms with Crippen molar-refractivity contribution in [2.75, 3.05) is 0 Å². The zero-order valence-electron chi connectivity index (χ0n) is 26.3. The molecule has 0 saturated heterocycles. The van der Waals surface area contributed by atoms with Crippen molar-refractivity contribution >= 4 is 32.3 Å². The number of fused-ring (bicyclic) bond motifs is 3. The van der Waals surface area contributed by atoms with Crippen LogP contribution in [-0.4, -0.2) is 4.98 Å². The van der Waals surface area contributed by atoms with Gasteiger partial charge in [-0.1, -0.05) is 163 Å². The standard InChI is InChI=1S/C46H31N2/c1-2-12-37-31(10-1)11-9-15-38(37)36-26-27-41-42(30-36)46(35-24-20-33(21-25-35)44-17-6-8-29-48-44)40-14-4-3-13-39(40)45(41)34-22-18-32(19-23-34)43-16-5-7-28-47-43/h1-30,44H/q-1. The Morgan fingerprint density at radius 1 is 0.458 bits per heavy atom. The zero-order chi connectivity index (χ0) is 31.9. The summed E-state index contributed by atoms with van der Waals surface area (Å²) in [5, 5.41) is 12.1. The smallest absolute Gasteiger partial charge is 0.0701 e. The fourth-order valence-electron chi connectivity index (χ4n) is 7.24. The van der Waals surface area contributed by atoms with Crippen molar-refractivity contribution in [3.63, 3.8) is 0 Å². The van der Waals surface area contributed by atoms with E-state index in [2.05, 4.69) is 162 Å². The molecule has 1 aliphatic heterocycles. The van der Waals surface area contributed by atoms with E-state index in [4.69, 9.17) is 0 Å². The van der Waals surface area contributed by atoms with Gasteiger partial charge in [0, 0.05) is 11.8 Å². The van der Waals surface area contributed by atoms with Gasteiger partial charge in [0.15, 0.2) is 0 Å². The van der Waals surface area contributed by atoms with Gasteiger partial charge in [0.2, 0.25) is 0 Å². The van der Waals surface area contributed by atoms with Crippen LogP contribution < -0.4 is 0 Å². The third-order valence-electron chi connectivity index (χ3n) is 9.54. The highest BCUT2D eigenvalue weighted by Gasteiger charge is 2.18. The summed E-state index contributed by atoms with van der Waals surface area (Å²) in [6.45, 7) is 0. The average molecular weight is 612 g/mol. The molecule has 1 aliphatic rings. The summed E-state index contributed by atoms with van der Waals surface area (Å²) in [6, 6.07) is 55.1. The lowest BCUT2D eigenvalue weighted by Crippen LogP contribution is -1.95. The highest BCUT2D eigenvalue weighted by atomic mass is 14.9. The second-order valence-corrected chi connectivity index (χ2v) is 12.3. The molecule has 0 aliphatic carbocycles. The Hall–Kier alpha value is -6.25. The molecular weight excluding hydrogens is 581 g/mol. The number of pyridine rings is 1. The maximum absolute atomic E-state index is 4.67. The van der Waals surface area contributed by atoms with Crippen LogP contribution in [0.1, 0.15) is 11.6 Å². The van der Waals surface area contributed by atoms with Gasteiger partial charge in [-0.05, 0) is 83.9 Å². The summed E-state index contributed by atoms with van der Waals surface area (Å²) >= 11 is 0.